The SMILES string of the molecule is COc1ccc([C@H]2c3[nH]c4ccccc4c3C[C@H]3C(=O)N(c4ccccc4C(=O)NCCCOC(C)C)C(=O)N23)cc1. The van der Waals surface area contributed by atoms with Crippen LogP contribution in [0.15, 0.2) is 72.8 Å². The van der Waals surface area contributed by atoms with Crippen LogP contribution in [0.5, 0.6) is 5.75 Å². The Morgan fingerprint density at radius 1 is 1.02 bits per heavy atom. The highest BCUT2D eigenvalue weighted by atomic mass is 16.5. The van der Waals surface area contributed by atoms with Gasteiger partial charge in [-0.25, -0.2) is 9.69 Å². The van der Waals surface area contributed by atoms with Gasteiger partial charge in [-0.1, -0.05) is 42.5 Å². The summed E-state index contributed by atoms with van der Waals surface area (Å²) in [7, 11) is 1.61. The molecule has 2 aliphatic heterocycles. The van der Waals surface area contributed by atoms with Gasteiger partial charge >= 0.3 is 6.03 Å². The van der Waals surface area contributed by atoms with E-state index in [1.54, 1.807) is 36.3 Å². The number of para-hydroxylation sites is 2. The highest BCUT2D eigenvalue weighted by molar-refractivity contribution is 6.24. The molecular formula is C33H34N4O5. The van der Waals surface area contributed by atoms with Crippen molar-refractivity contribution < 1.29 is 23.9 Å². The van der Waals surface area contributed by atoms with Gasteiger partial charge in [0.2, 0.25) is 0 Å². The van der Waals surface area contributed by atoms with Gasteiger partial charge in [-0.05, 0) is 61.7 Å². The van der Waals surface area contributed by atoms with Gasteiger partial charge in [-0.15, -0.1) is 0 Å². The van der Waals surface area contributed by atoms with E-state index in [4.69, 9.17) is 9.47 Å². The van der Waals surface area contributed by atoms with Crippen LogP contribution in [0.4, 0.5) is 10.5 Å². The fourth-order valence-electron chi connectivity index (χ4n) is 5.98. The number of amides is 4. The summed E-state index contributed by atoms with van der Waals surface area (Å²) >= 11 is 0. The second-order valence-corrected chi connectivity index (χ2v) is 10.9. The molecule has 0 saturated carbocycles. The molecule has 0 spiro atoms. The van der Waals surface area contributed by atoms with Gasteiger partial charge in [0.15, 0.2) is 0 Å². The van der Waals surface area contributed by atoms with Crippen LogP contribution in [-0.2, 0) is 16.0 Å². The van der Waals surface area contributed by atoms with Crippen LogP contribution in [0.25, 0.3) is 10.9 Å². The van der Waals surface area contributed by atoms with Crippen LogP contribution in [0.1, 0.15) is 53.5 Å². The van der Waals surface area contributed by atoms with Crippen molar-refractivity contribution in [1.82, 2.24) is 15.2 Å². The highest BCUT2D eigenvalue weighted by Gasteiger charge is 2.53. The molecule has 9 heteroatoms. The van der Waals surface area contributed by atoms with Gasteiger partial charge in [0.1, 0.15) is 17.8 Å². The number of ether oxygens (including phenoxy) is 2. The maximum Gasteiger partial charge on any atom is 0.332 e. The lowest BCUT2D eigenvalue weighted by molar-refractivity contribution is -0.120. The van der Waals surface area contributed by atoms with E-state index >= 15 is 0 Å². The lowest BCUT2D eigenvalue weighted by Crippen LogP contribution is -2.44. The molecule has 9 nitrogen and oxygen atoms in total. The minimum atomic E-state index is -0.722. The number of aromatic nitrogens is 1. The molecule has 0 bridgehead atoms. The summed E-state index contributed by atoms with van der Waals surface area (Å²) in [5.74, 6) is 0.00713. The molecule has 0 unspecified atom stereocenters. The lowest BCUT2D eigenvalue weighted by Gasteiger charge is -2.36. The zero-order valence-electron chi connectivity index (χ0n) is 23.9. The number of H-pyrrole nitrogens is 1. The second-order valence-electron chi connectivity index (χ2n) is 10.9. The van der Waals surface area contributed by atoms with Crippen molar-refractivity contribution in [2.75, 3.05) is 25.2 Å². The molecule has 6 rings (SSSR count). The van der Waals surface area contributed by atoms with Crippen molar-refractivity contribution in [2.24, 2.45) is 0 Å². The number of aromatic amines is 1. The van der Waals surface area contributed by atoms with Crippen molar-refractivity contribution in [1.29, 1.82) is 0 Å². The number of fused-ring (bicyclic) bond motifs is 4. The first-order chi connectivity index (χ1) is 20.4. The molecule has 1 aromatic heterocycles. The zero-order valence-corrected chi connectivity index (χ0v) is 23.9. The number of urea groups is 1. The average molecular weight is 567 g/mol. The predicted octanol–water partition coefficient (Wildman–Crippen LogP) is 5.20. The molecule has 3 aromatic carbocycles. The van der Waals surface area contributed by atoms with E-state index in [0.717, 1.165) is 27.7 Å². The number of anilines is 1. The molecule has 4 aromatic rings. The van der Waals surface area contributed by atoms with Gasteiger partial charge in [0, 0.05) is 36.2 Å². The Labute approximate surface area is 244 Å². The number of carbonyl (C=O) groups is 3. The van der Waals surface area contributed by atoms with Crippen molar-refractivity contribution in [3.05, 3.63) is 95.2 Å². The van der Waals surface area contributed by atoms with Crippen LogP contribution < -0.4 is 15.0 Å². The molecule has 4 amide bonds. The summed E-state index contributed by atoms with van der Waals surface area (Å²) in [4.78, 5) is 48.0. The first kappa shape index (κ1) is 27.5. The quantitative estimate of drug-likeness (QED) is 0.214. The van der Waals surface area contributed by atoms with Crippen LogP contribution in [0.2, 0.25) is 0 Å². The Kier molecular flexibility index (Phi) is 7.43. The molecule has 42 heavy (non-hydrogen) atoms. The summed E-state index contributed by atoms with van der Waals surface area (Å²) in [6, 6.07) is 20.6. The number of benzene rings is 3. The number of hydrogen-bond donors (Lipinski definition) is 2. The molecule has 2 N–H and O–H groups in total. The van der Waals surface area contributed by atoms with Crippen molar-refractivity contribution >= 4 is 34.4 Å². The fraction of sp³-hybridized carbons (Fsp3) is 0.303. The molecule has 0 radical (unpaired) electrons. The minimum absolute atomic E-state index is 0.119. The van der Waals surface area contributed by atoms with E-state index in [0.29, 0.717) is 31.7 Å². The standard InChI is InChI=1S/C33H34N4O5/c1-20(2)42-18-8-17-34-31(38)24-10-5-7-12-27(24)37-32(39)28-19-25-23-9-4-6-11-26(23)35-29(25)30(36(28)33(37)40)21-13-15-22(41-3)16-14-21/h4-7,9-16,20,28,30,35H,8,17-19H2,1-3H3,(H,34,38)/t28-,30-/m0/s1. The molecule has 0 aliphatic carbocycles. The Bertz CT molecular complexity index is 1640. The summed E-state index contributed by atoms with van der Waals surface area (Å²) in [6.45, 7) is 4.87. The van der Waals surface area contributed by atoms with Gasteiger partial charge in [-0.3, -0.25) is 14.5 Å². The van der Waals surface area contributed by atoms with Gasteiger partial charge < -0.3 is 19.8 Å². The Morgan fingerprint density at radius 3 is 2.52 bits per heavy atom. The number of hydrogen-bond acceptors (Lipinski definition) is 5. The van der Waals surface area contributed by atoms with E-state index in [1.165, 1.54) is 4.90 Å². The molecule has 216 valence electrons. The average Bonchev–Trinajstić information content (AvgIpc) is 3.49. The van der Waals surface area contributed by atoms with E-state index in [1.807, 2.05) is 62.4 Å². The van der Waals surface area contributed by atoms with Crippen LogP contribution in [-0.4, -0.2) is 60.1 Å². The van der Waals surface area contributed by atoms with Crippen LogP contribution in [0.3, 0.4) is 0 Å². The van der Waals surface area contributed by atoms with Crippen molar-refractivity contribution in [2.45, 2.75) is 44.9 Å². The molecule has 2 aliphatic rings. The molecule has 1 saturated heterocycles. The second kappa shape index (κ2) is 11.3. The fourth-order valence-corrected chi connectivity index (χ4v) is 5.98. The number of methoxy groups -OCH3 is 1. The highest BCUT2D eigenvalue weighted by Crippen LogP contribution is 2.45. The van der Waals surface area contributed by atoms with E-state index in [-0.39, 0.29) is 29.2 Å². The van der Waals surface area contributed by atoms with Gasteiger partial charge in [0.25, 0.3) is 11.8 Å². The van der Waals surface area contributed by atoms with Gasteiger partial charge in [0.05, 0.1) is 24.5 Å². The summed E-state index contributed by atoms with van der Waals surface area (Å²) < 4.78 is 10.9. The number of rotatable bonds is 9. The number of nitrogens with one attached hydrogen (secondary N) is 2. The van der Waals surface area contributed by atoms with Crippen molar-refractivity contribution in [3.8, 4) is 5.75 Å². The molecule has 3 heterocycles. The number of imide groups is 1. The number of nitrogens with zero attached hydrogens (tertiary/aromatic N) is 2. The third-order valence-electron chi connectivity index (χ3n) is 7.93. The summed E-state index contributed by atoms with van der Waals surface area (Å²) in [5, 5.41) is 3.94. The summed E-state index contributed by atoms with van der Waals surface area (Å²) in [5.41, 5.74) is 4.26. The smallest absolute Gasteiger partial charge is 0.332 e. The number of carbonyl (C=O) groups excluding carboxylic acids is 3. The van der Waals surface area contributed by atoms with Crippen molar-refractivity contribution in [3.63, 3.8) is 0 Å². The largest absolute Gasteiger partial charge is 0.497 e. The maximum atomic E-state index is 14.3. The normalized spacial score (nSPS) is 18.0. The minimum Gasteiger partial charge on any atom is -0.497 e. The molecule has 2 atom stereocenters. The van der Waals surface area contributed by atoms with E-state index < -0.39 is 18.1 Å². The predicted molar refractivity (Wildman–Crippen MR) is 160 cm³/mol. The maximum absolute atomic E-state index is 14.3. The van der Waals surface area contributed by atoms with E-state index in [2.05, 4.69) is 10.3 Å². The third-order valence-corrected chi connectivity index (χ3v) is 7.93. The van der Waals surface area contributed by atoms with E-state index in [9.17, 15) is 14.4 Å². The first-order valence-corrected chi connectivity index (χ1v) is 14.3. The third kappa shape index (κ3) is 4.79. The van der Waals surface area contributed by atoms with Crippen LogP contribution >= 0.6 is 0 Å². The zero-order chi connectivity index (χ0) is 29.4. The first-order valence-electron chi connectivity index (χ1n) is 14.3. The monoisotopic (exact) mass is 566 g/mol. The van der Waals surface area contributed by atoms with Crippen LogP contribution in [0, 0.1) is 0 Å². The summed E-state index contributed by atoms with van der Waals surface area (Å²) in [6.07, 6.45) is 1.14. The topological polar surface area (TPSA) is 104 Å². The Balaban J connectivity index is 1.36. The lowest BCUT2D eigenvalue weighted by atomic mass is 9.89. The van der Waals surface area contributed by atoms with Gasteiger partial charge in [-0.2, -0.15) is 0 Å². The molecule has 1 fully saturated rings. The Hall–Kier alpha value is -4.63. The molecular weight excluding hydrogens is 532 g/mol. The Morgan fingerprint density at radius 2 is 1.76 bits per heavy atom.